The van der Waals surface area contributed by atoms with Gasteiger partial charge in [0, 0.05) is 18.7 Å². The van der Waals surface area contributed by atoms with E-state index >= 15 is 0 Å². The van der Waals surface area contributed by atoms with Crippen LogP contribution in [-0.2, 0) is 13.0 Å². The number of rotatable bonds is 1. The molecule has 0 aliphatic carbocycles. The molecular weight excluding hydrogens is 228 g/mol. The Bertz CT molecular complexity index is 589. The summed E-state index contributed by atoms with van der Waals surface area (Å²) in [5, 5.41) is 3.78. The van der Waals surface area contributed by atoms with Crippen LogP contribution in [0.5, 0.6) is 0 Å². The maximum Gasteiger partial charge on any atom is 0.276 e. The molecule has 0 atom stereocenters. The monoisotopic (exact) mass is 242 g/mol. The quantitative estimate of drug-likeness (QED) is 0.770. The lowest BCUT2D eigenvalue weighted by atomic mass is 9.99. The number of aromatic nitrogens is 1. The molecule has 0 bridgehead atoms. The van der Waals surface area contributed by atoms with Gasteiger partial charge in [-0.3, -0.25) is 4.79 Å². The van der Waals surface area contributed by atoms with Crippen LogP contribution in [0.25, 0.3) is 0 Å². The van der Waals surface area contributed by atoms with Gasteiger partial charge in [-0.1, -0.05) is 29.4 Å². The normalized spacial score (nSPS) is 14.4. The zero-order chi connectivity index (χ0) is 12.5. The van der Waals surface area contributed by atoms with Crippen molar-refractivity contribution in [1.29, 1.82) is 0 Å². The SMILES string of the molecule is Cc1conc1C(=O)N1CCc2ccccc2C1. The van der Waals surface area contributed by atoms with Crippen LogP contribution < -0.4 is 0 Å². The highest BCUT2D eigenvalue weighted by molar-refractivity contribution is 5.93. The zero-order valence-corrected chi connectivity index (χ0v) is 10.2. The number of carbonyl (C=O) groups is 1. The van der Waals surface area contributed by atoms with E-state index < -0.39 is 0 Å². The molecule has 0 radical (unpaired) electrons. The third kappa shape index (κ3) is 1.79. The number of benzene rings is 1. The molecule has 0 N–H and O–H groups in total. The zero-order valence-electron chi connectivity index (χ0n) is 10.2. The Morgan fingerprint density at radius 1 is 1.33 bits per heavy atom. The molecule has 18 heavy (non-hydrogen) atoms. The largest absolute Gasteiger partial charge is 0.364 e. The fourth-order valence-electron chi connectivity index (χ4n) is 2.31. The molecule has 0 fully saturated rings. The molecule has 1 aliphatic rings. The van der Waals surface area contributed by atoms with Crippen molar-refractivity contribution in [2.24, 2.45) is 0 Å². The van der Waals surface area contributed by atoms with Crippen LogP contribution in [0, 0.1) is 6.92 Å². The van der Waals surface area contributed by atoms with Gasteiger partial charge in [-0.15, -0.1) is 0 Å². The Morgan fingerprint density at radius 2 is 2.11 bits per heavy atom. The number of hydrogen-bond acceptors (Lipinski definition) is 3. The molecule has 0 spiro atoms. The minimum atomic E-state index is -0.0456. The maximum atomic E-state index is 12.3. The molecule has 92 valence electrons. The van der Waals surface area contributed by atoms with E-state index in [0.29, 0.717) is 12.2 Å². The highest BCUT2D eigenvalue weighted by Crippen LogP contribution is 2.20. The van der Waals surface area contributed by atoms with Gasteiger partial charge in [0.2, 0.25) is 0 Å². The summed E-state index contributed by atoms with van der Waals surface area (Å²) < 4.78 is 4.83. The number of fused-ring (bicyclic) bond motifs is 1. The van der Waals surface area contributed by atoms with Gasteiger partial charge in [-0.25, -0.2) is 0 Å². The van der Waals surface area contributed by atoms with E-state index in [2.05, 4.69) is 17.3 Å². The van der Waals surface area contributed by atoms with E-state index in [-0.39, 0.29) is 5.91 Å². The topological polar surface area (TPSA) is 46.3 Å². The lowest BCUT2D eigenvalue weighted by molar-refractivity contribution is 0.0723. The van der Waals surface area contributed by atoms with E-state index in [1.807, 2.05) is 24.0 Å². The second-order valence-electron chi connectivity index (χ2n) is 4.59. The first-order chi connectivity index (χ1) is 8.75. The van der Waals surface area contributed by atoms with Crippen molar-refractivity contribution in [2.75, 3.05) is 6.54 Å². The second-order valence-corrected chi connectivity index (χ2v) is 4.59. The molecule has 2 aromatic rings. The summed E-state index contributed by atoms with van der Waals surface area (Å²) in [4.78, 5) is 14.1. The highest BCUT2D eigenvalue weighted by Gasteiger charge is 2.24. The summed E-state index contributed by atoms with van der Waals surface area (Å²) in [6, 6.07) is 8.25. The summed E-state index contributed by atoms with van der Waals surface area (Å²) in [6.45, 7) is 3.23. The Balaban J connectivity index is 1.84. The number of carbonyl (C=O) groups excluding carboxylic acids is 1. The maximum absolute atomic E-state index is 12.3. The van der Waals surface area contributed by atoms with Crippen molar-refractivity contribution in [2.45, 2.75) is 19.9 Å². The number of amides is 1. The first kappa shape index (κ1) is 11.0. The summed E-state index contributed by atoms with van der Waals surface area (Å²) in [7, 11) is 0. The smallest absolute Gasteiger partial charge is 0.276 e. The molecule has 2 heterocycles. The number of aryl methyl sites for hydroxylation is 1. The van der Waals surface area contributed by atoms with E-state index in [0.717, 1.165) is 18.5 Å². The van der Waals surface area contributed by atoms with Gasteiger partial charge in [0.1, 0.15) is 6.26 Å². The lowest BCUT2D eigenvalue weighted by Crippen LogP contribution is -2.36. The molecular formula is C14H14N2O2. The summed E-state index contributed by atoms with van der Waals surface area (Å²) in [5.41, 5.74) is 3.77. The fourth-order valence-corrected chi connectivity index (χ4v) is 2.31. The van der Waals surface area contributed by atoms with E-state index in [4.69, 9.17) is 4.52 Å². The first-order valence-corrected chi connectivity index (χ1v) is 6.03. The third-order valence-electron chi connectivity index (χ3n) is 3.37. The van der Waals surface area contributed by atoms with E-state index in [1.165, 1.54) is 17.4 Å². The summed E-state index contributed by atoms with van der Waals surface area (Å²) in [6.07, 6.45) is 2.41. The molecule has 0 saturated heterocycles. The average Bonchev–Trinajstić information content (AvgIpc) is 2.83. The molecule has 4 heteroatoms. The van der Waals surface area contributed by atoms with Gasteiger partial charge in [0.05, 0.1) is 0 Å². The van der Waals surface area contributed by atoms with Gasteiger partial charge < -0.3 is 9.42 Å². The van der Waals surface area contributed by atoms with Crippen LogP contribution in [0.4, 0.5) is 0 Å². The fraction of sp³-hybridized carbons (Fsp3) is 0.286. The van der Waals surface area contributed by atoms with Crippen LogP contribution in [0.1, 0.15) is 27.2 Å². The molecule has 1 aromatic heterocycles. The number of nitrogens with zero attached hydrogens (tertiary/aromatic N) is 2. The van der Waals surface area contributed by atoms with Crippen LogP contribution in [0.15, 0.2) is 35.1 Å². The van der Waals surface area contributed by atoms with Crippen molar-refractivity contribution in [3.63, 3.8) is 0 Å². The lowest BCUT2D eigenvalue weighted by Gasteiger charge is -2.28. The predicted molar refractivity (Wildman–Crippen MR) is 66.1 cm³/mol. The molecule has 3 rings (SSSR count). The van der Waals surface area contributed by atoms with Crippen LogP contribution in [0.3, 0.4) is 0 Å². The number of hydrogen-bond donors (Lipinski definition) is 0. The molecule has 0 unspecified atom stereocenters. The van der Waals surface area contributed by atoms with Gasteiger partial charge in [0.15, 0.2) is 5.69 Å². The van der Waals surface area contributed by atoms with Gasteiger partial charge in [-0.05, 0) is 24.5 Å². The van der Waals surface area contributed by atoms with Crippen molar-refractivity contribution in [1.82, 2.24) is 10.1 Å². The van der Waals surface area contributed by atoms with Gasteiger partial charge in [-0.2, -0.15) is 0 Å². The summed E-state index contributed by atoms with van der Waals surface area (Å²) >= 11 is 0. The molecule has 1 amide bonds. The second kappa shape index (κ2) is 4.29. The Hall–Kier alpha value is -2.10. The Morgan fingerprint density at radius 3 is 2.83 bits per heavy atom. The molecule has 4 nitrogen and oxygen atoms in total. The molecule has 0 saturated carbocycles. The standard InChI is InChI=1S/C14H14N2O2/c1-10-9-18-15-13(10)14(17)16-7-6-11-4-2-3-5-12(11)8-16/h2-5,9H,6-8H2,1H3. The molecule has 1 aromatic carbocycles. The minimum Gasteiger partial charge on any atom is -0.364 e. The highest BCUT2D eigenvalue weighted by atomic mass is 16.5. The van der Waals surface area contributed by atoms with Gasteiger partial charge in [0.25, 0.3) is 5.91 Å². The van der Waals surface area contributed by atoms with Crippen molar-refractivity contribution in [3.05, 3.63) is 52.9 Å². The first-order valence-electron chi connectivity index (χ1n) is 6.03. The van der Waals surface area contributed by atoms with E-state index in [1.54, 1.807) is 0 Å². The van der Waals surface area contributed by atoms with Crippen molar-refractivity contribution < 1.29 is 9.32 Å². The third-order valence-corrected chi connectivity index (χ3v) is 3.37. The van der Waals surface area contributed by atoms with Gasteiger partial charge >= 0.3 is 0 Å². The molecule has 1 aliphatic heterocycles. The predicted octanol–water partition coefficient (Wildman–Crippen LogP) is 2.18. The van der Waals surface area contributed by atoms with Crippen molar-refractivity contribution in [3.8, 4) is 0 Å². The van der Waals surface area contributed by atoms with Crippen LogP contribution in [-0.4, -0.2) is 22.5 Å². The van der Waals surface area contributed by atoms with Crippen molar-refractivity contribution >= 4 is 5.91 Å². The summed E-state index contributed by atoms with van der Waals surface area (Å²) in [5.74, 6) is -0.0456. The Labute approximate surface area is 105 Å². The Kier molecular flexibility index (Phi) is 2.63. The van der Waals surface area contributed by atoms with Crippen LogP contribution >= 0.6 is 0 Å². The van der Waals surface area contributed by atoms with E-state index in [9.17, 15) is 4.79 Å². The van der Waals surface area contributed by atoms with Crippen LogP contribution in [0.2, 0.25) is 0 Å². The average molecular weight is 242 g/mol. The minimum absolute atomic E-state index is 0.0456.